The Labute approximate surface area is 178 Å². The van der Waals surface area contributed by atoms with Crippen LogP contribution < -0.4 is 4.90 Å². The van der Waals surface area contributed by atoms with Crippen LogP contribution >= 0.6 is 0 Å². The van der Waals surface area contributed by atoms with Gasteiger partial charge in [-0.3, -0.25) is 9.59 Å². The van der Waals surface area contributed by atoms with Crippen molar-refractivity contribution in [1.82, 2.24) is 4.90 Å². The number of carbonyl (C=O) groups is 2. The number of aliphatic hydroxyl groups excluding tert-OH is 1. The van der Waals surface area contributed by atoms with Crippen LogP contribution in [0.2, 0.25) is 0 Å². The third-order valence-corrected chi connectivity index (χ3v) is 5.58. The van der Waals surface area contributed by atoms with E-state index in [1.807, 2.05) is 30.3 Å². The van der Waals surface area contributed by atoms with E-state index in [-0.39, 0.29) is 11.3 Å². The van der Waals surface area contributed by atoms with Gasteiger partial charge in [-0.2, -0.15) is 0 Å². The maximum atomic E-state index is 13.0. The van der Waals surface area contributed by atoms with E-state index in [2.05, 4.69) is 27.9 Å². The second-order valence-corrected chi connectivity index (χ2v) is 8.49. The summed E-state index contributed by atoms with van der Waals surface area (Å²) < 4.78 is 0. The minimum atomic E-state index is -0.619. The lowest BCUT2D eigenvalue weighted by Crippen LogP contribution is -3.05. The molecule has 1 amide bonds. The number of hydrogen-bond donors (Lipinski definition) is 2. The summed E-state index contributed by atoms with van der Waals surface area (Å²) in [6, 6.07) is 16.4. The molecule has 1 aliphatic rings. The fraction of sp³-hybridized carbons (Fsp3) is 0.360. The average Bonchev–Trinajstić information content (AvgIpc) is 2.98. The zero-order valence-electron chi connectivity index (χ0n) is 18.2. The predicted octanol–water partition coefficient (Wildman–Crippen LogP) is 2.77. The molecule has 0 bridgehead atoms. The number of aliphatic hydroxyl groups is 1. The standard InChI is InChI=1S/C25H30N2O3/c1-17(2)18-11-13-19(14-12-18)22-21(23(28)20-9-6-5-7-10-20)24(29)25(30)27(22)16-8-15-26(3)4/h5-7,9-14,17,22,28H,8,15-16H2,1-4H3/p+1/t22-/m0/s1. The number of Topliss-reactive ketones (excluding diaryl/α,β-unsaturated/α-hetero) is 1. The molecular formula is C25H31N2O3+. The first-order valence-electron chi connectivity index (χ1n) is 10.5. The molecule has 0 aromatic heterocycles. The molecule has 30 heavy (non-hydrogen) atoms. The summed E-state index contributed by atoms with van der Waals surface area (Å²) in [6.07, 6.45) is 0.779. The third kappa shape index (κ3) is 4.46. The lowest BCUT2D eigenvalue weighted by Gasteiger charge is -2.26. The average molecular weight is 408 g/mol. The fourth-order valence-electron chi connectivity index (χ4n) is 3.87. The SMILES string of the molecule is CC(C)c1ccc([C@H]2C(=C(O)c3ccccc3)C(=O)C(=O)N2CCC[NH+](C)C)cc1. The molecular weight excluding hydrogens is 376 g/mol. The van der Waals surface area contributed by atoms with Crippen molar-refractivity contribution >= 4 is 17.4 Å². The summed E-state index contributed by atoms with van der Waals surface area (Å²) in [7, 11) is 4.12. The zero-order valence-corrected chi connectivity index (χ0v) is 18.2. The van der Waals surface area contributed by atoms with Gasteiger partial charge in [0.2, 0.25) is 0 Å². The third-order valence-electron chi connectivity index (χ3n) is 5.58. The number of benzene rings is 2. The Bertz CT molecular complexity index is 931. The normalized spacial score (nSPS) is 18.6. The van der Waals surface area contributed by atoms with Crippen molar-refractivity contribution in [3.63, 3.8) is 0 Å². The highest BCUT2D eigenvalue weighted by Gasteiger charge is 2.45. The van der Waals surface area contributed by atoms with E-state index in [0.717, 1.165) is 18.5 Å². The molecule has 1 heterocycles. The largest absolute Gasteiger partial charge is 0.507 e. The van der Waals surface area contributed by atoms with Crippen LogP contribution in [0.15, 0.2) is 60.2 Å². The Morgan fingerprint density at radius 2 is 1.67 bits per heavy atom. The number of carbonyl (C=O) groups excluding carboxylic acids is 2. The molecule has 0 radical (unpaired) electrons. The van der Waals surface area contributed by atoms with Crippen LogP contribution in [0.5, 0.6) is 0 Å². The van der Waals surface area contributed by atoms with Crippen molar-refractivity contribution < 1.29 is 19.6 Å². The zero-order chi connectivity index (χ0) is 21.8. The van der Waals surface area contributed by atoms with E-state index in [9.17, 15) is 14.7 Å². The first kappa shape index (κ1) is 21.8. The van der Waals surface area contributed by atoms with Crippen molar-refractivity contribution in [3.05, 3.63) is 76.9 Å². The van der Waals surface area contributed by atoms with E-state index < -0.39 is 17.7 Å². The molecule has 0 unspecified atom stereocenters. The highest BCUT2D eigenvalue weighted by atomic mass is 16.3. The quantitative estimate of drug-likeness (QED) is 0.422. The summed E-state index contributed by atoms with van der Waals surface area (Å²) in [5, 5.41) is 11.0. The highest BCUT2D eigenvalue weighted by Crippen LogP contribution is 2.39. The van der Waals surface area contributed by atoms with Gasteiger partial charge in [0, 0.05) is 18.5 Å². The van der Waals surface area contributed by atoms with Gasteiger partial charge in [0.25, 0.3) is 11.7 Å². The Morgan fingerprint density at radius 3 is 2.23 bits per heavy atom. The van der Waals surface area contributed by atoms with Gasteiger partial charge in [-0.25, -0.2) is 0 Å². The minimum Gasteiger partial charge on any atom is -0.507 e. The van der Waals surface area contributed by atoms with Crippen molar-refractivity contribution in [3.8, 4) is 0 Å². The molecule has 1 fully saturated rings. The molecule has 0 saturated carbocycles. The summed E-state index contributed by atoms with van der Waals surface area (Å²) in [5.41, 5.74) is 2.74. The van der Waals surface area contributed by atoms with Crippen LogP contribution in [0, 0.1) is 0 Å². The van der Waals surface area contributed by atoms with Gasteiger partial charge >= 0.3 is 0 Å². The molecule has 0 spiro atoms. The predicted molar refractivity (Wildman–Crippen MR) is 118 cm³/mol. The number of nitrogens with one attached hydrogen (secondary N) is 1. The molecule has 1 atom stereocenters. The van der Waals surface area contributed by atoms with Crippen LogP contribution in [0.25, 0.3) is 5.76 Å². The summed E-state index contributed by atoms with van der Waals surface area (Å²) >= 11 is 0. The van der Waals surface area contributed by atoms with Crippen molar-refractivity contribution in [2.75, 3.05) is 27.2 Å². The van der Waals surface area contributed by atoms with Crippen molar-refractivity contribution in [1.29, 1.82) is 0 Å². The molecule has 3 rings (SSSR count). The van der Waals surface area contributed by atoms with Crippen LogP contribution in [-0.2, 0) is 9.59 Å². The summed E-state index contributed by atoms with van der Waals surface area (Å²) in [4.78, 5) is 28.8. The Morgan fingerprint density at radius 1 is 1.03 bits per heavy atom. The molecule has 2 N–H and O–H groups in total. The van der Waals surface area contributed by atoms with Gasteiger partial charge in [0.05, 0.1) is 32.3 Å². The maximum absolute atomic E-state index is 13.0. The van der Waals surface area contributed by atoms with E-state index in [0.29, 0.717) is 18.0 Å². The van der Waals surface area contributed by atoms with Crippen LogP contribution in [0.1, 0.15) is 48.9 Å². The molecule has 158 valence electrons. The first-order chi connectivity index (χ1) is 14.3. The Hall–Kier alpha value is -2.92. The first-order valence-corrected chi connectivity index (χ1v) is 10.5. The number of amides is 1. The van der Waals surface area contributed by atoms with Crippen LogP contribution in [0.4, 0.5) is 0 Å². The summed E-state index contributed by atoms with van der Waals surface area (Å²) in [6.45, 7) is 5.61. The van der Waals surface area contributed by atoms with Gasteiger partial charge in [0.1, 0.15) is 5.76 Å². The van der Waals surface area contributed by atoms with Gasteiger partial charge in [0.15, 0.2) is 0 Å². The van der Waals surface area contributed by atoms with E-state index in [4.69, 9.17) is 0 Å². The molecule has 5 heteroatoms. The topological polar surface area (TPSA) is 62.0 Å². The van der Waals surface area contributed by atoms with Gasteiger partial charge in [-0.05, 0) is 17.0 Å². The maximum Gasteiger partial charge on any atom is 0.295 e. The Balaban J connectivity index is 2.07. The smallest absolute Gasteiger partial charge is 0.295 e. The van der Waals surface area contributed by atoms with Gasteiger partial charge in [-0.1, -0.05) is 68.4 Å². The summed E-state index contributed by atoms with van der Waals surface area (Å²) in [5.74, 6) is -0.893. The molecule has 5 nitrogen and oxygen atoms in total. The molecule has 1 saturated heterocycles. The number of ketones is 1. The minimum absolute atomic E-state index is 0.118. The van der Waals surface area contributed by atoms with Crippen molar-refractivity contribution in [2.45, 2.75) is 32.2 Å². The number of rotatable bonds is 7. The lowest BCUT2D eigenvalue weighted by atomic mass is 9.93. The second-order valence-electron chi connectivity index (χ2n) is 8.49. The van der Waals surface area contributed by atoms with E-state index in [1.54, 1.807) is 29.2 Å². The number of likely N-dealkylation sites (tertiary alicyclic amines) is 1. The highest BCUT2D eigenvalue weighted by molar-refractivity contribution is 6.46. The molecule has 1 aliphatic heterocycles. The molecule has 0 aliphatic carbocycles. The van der Waals surface area contributed by atoms with Gasteiger partial charge in [-0.15, -0.1) is 0 Å². The number of quaternary nitrogens is 1. The van der Waals surface area contributed by atoms with Gasteiger partial charge < -0.3 is 14.9 Å². The molecule has 2 aromatic rings. The number of hydrogen-bond acceptors (Lipinski definition) is 3. The van der Waals surface area contributed by atoms with E-state index >= 15 is 0 Å². The monoisotopic (exact) mass is 407 g/mol. The van der Waals surface area contributed by atoms with Crippen LogP contribution in [0.3, 0.4) is 0 Å². The molecule has 2 aromatic carbocycles. The van der Waals surface area contributed by atoms with Crippen molar-refractivity contribution in [2.24, 2.45) is 0 Å². The Kier molecular flexibility index (Phi) is 6.73. The second kappa shape index (κ2) is 9.26. The number of nitrogens with zero attached hydrogens (tertiary/aromatic N) is 1. The van der Waals surface area contributed by atoms with E-state index in [1.165, 1.54) is 10.5 Å². The lowest BCUT2D eigenvalue weighted by molar-refractivity contribution is -0.858. The van der Waals surface area contributed by atoms with Crippen LogP contribution in [-0.4, -0.2) is 48.9 Å². The fourth-order valence-corrected chi connectivity index (χ4v) is 3.87.